The molecule has 0 saturated heterocycles. The number of allylic oxidation sites excluding steroid dienone is 2. The Bertz CT molecular complexity index is 289. The Morgan fingerprint density at radius 1 is 1.06 bits per heavy atom. The first kappa shape index (κ1) is 14.7. The molecule has 0 aromatic rings. The van der Waals surface area contributed by atoms with Gasteiger partial charge in [0.1, 0.15) is 0 Å². The Labute approximate surface area is 99.1 Å². The van der Waals surface area contributed by atoms with E-state index in [0.29, 0.717) is 12.1 Å². The van der Waals surface area contributed by atoms with Gasteiger partial charge in [-0.25, -0.2) is 0 Å². The van der Waals surface area contributed by atoms with Crippen molar-refractivity contribution >= 4 is 5.91 Å². The number of nitrogens with one attached hydrogen (secondary N) is 1. The Morgan fingerprint density at radius 3 is 2.19 bits per heavy atom. The summed E-state index contributed by atoms with van der Waals surface area (Å²) in [6.07, 6.45) is 3.92. The molecule has 0 rings (SSSR count). The molecule has 0 aromatic carbocycles. The molecule has 0 fully saturated rings. The summed E-state index contributed by atoms with van der Waals surface area (Å²) in [7, 11) is 0. The van der Waals surface area contributed by atoms with Crippen LogP contribution in [0.15, 0.2) is 36.5 Å². The normalized spacial score (nSPS) is 9.62. The van der Waals surface area contributed by atoms with Gasteiger partial charge in [-0.3, -0.25) is 4.79 Å². The quantitative estimate of drug-likeness (QED) is 0.380. The molecule has 2 heteroatoms. The first-order chi connectivity index (χ1) is 7.43. The van der Waals surface area contributed by atoms with Crippen LogP contribution in [-0.4, -0.2) is 12.5 Å². The summed E-state index contributed by atoms with van der Waals surface area (Å²) in [5, 5.41) is 2.81. The molecule has 0 atom stereocenters. The lowest BCUT2D eigenvalue weighted by Crippen LogP contribution is -2.24. The van der Waals surface area contributed by atoms with Gasteiger partial charge in [-0.1, -0.05) is 24.3 Å². The second-order valence-electron chi connectivity index (χ2n) is 4.35. The molecule has 2 nitrogen and oxygen atoms in total. The Balaban J connectivity index is 3.52. The lowest BCUT2D eigenvalue weighted by atomic mass is 10.0. The largest absolute Gasteiger partial charge is 0.352 e. The Morgan fingerprint density at radius 2 is 1.69 bits per heavy atom. The van der Waals surface area contributed by atoms with Gasteiger partial charge in [0.25, 0.3) is 0 Å². The molecule has 1 N–H and O–H groups in total. The average molecular weight is 221 g/mol. The summed E-state index contributed by atoms with van der Waals surface area (Å²) in [6.45, 7) is 15.9. The predicted molar refractivity (Wildman–Crippen MR) is 70.2 cm³/mol. The van der Waals surface area contributed by atoms with Gasteiger partial charge in [0.15, 0.2) is 0 Å². The molecule has 0 aliphatic heterocycles. The average Bonchev–Trinajstić information content (AvgIpc) is 2.20. The van der Waals surface area contributed by atoms with Crippen molar-refractivity contribution in [3.8, 4) is 0 Å². The number of rotatable bonds is 8. The van der Waals surface area contributed by atoms with E-state index in [1.807, 2.05) is 6.92 Å². The number of carbonyl (C=O) groups excluding carboxylic acids is 1. The van der Waals surface area contributed by atoms with Crippen LogP contribution in [0.1, 0.15) is 39.5 Å². The molecule has 0 unspecified atom stereocenters. The first-order valence-corrected chi connectivity index (χ1v) is 5.68. The maximum absolute atomic E-state index is 11.2. The van der Waals surface area contributed by atoms with E-state index in [4.69, 9.17) is 0 Å². The van der Waals surface area contributed by atoms with Crippen LogP contribution in [0.4, 0.5) is 0 Å². The van der Waals surface area contributed by atoms with Crippen molar-refractivity contribution in [1.82, 2.24) is 5.32 Å². The van der Waals surface area contributed by atoms with Crippen LogP contribution in [0.3, 0.4) is 0 Å². The monoisotopic (exact) mass is 221 g/mol. The molecule has 0 bridgehead atoms. The molecule has 16 heavy (non-hydrogen) atoms. The highest BCUT2D eigenvalue weighted by molar-refractivity contribution is 5.91. The molecule has 0 saturated carbocycles. The molecule has 90 valence electrons. The number of hydrogen-bond donors (Lipinski definition) is 1. The van der Waals surface area contributed by atoms with E-state index in [1.165, 1.54) is 11.1 Å². The van der Waals surface area contributed by atoms with Gasteiger partial charge >= 0.3 is 0 Å². The zero-order chi connectivity index (χ0) is 12.6. The fourth-order valence-electron chi connectivity index (χ4n) is 1.21. The van der Waals surface area contributed by atoms with Crippen LogP contribution in [0.5, 0.6) is 0 Å². The lowest BCUT2D eigenvalue weighted by Gasteiger charge is -2.07. The standard InChI is InChI=1S/C14H23NO/c1-11(2)8-9-13(5)7-6-10-15-14(16)12(3)4/h1,3,5-10H2,2,4H3,(H,15,16). The third kappa shape index (κ3) is 8.04. The highest BCUT2D eigenvalue weighted by atomic mass is 16.1. The second-order valence-corrected chi connectivity index (χ2v) is 4.35. The minimum atomic E-state index is -0.0625. The van der Waals surface area contributed by atoms with Gasteiger partial charge in [0.05, 0.1) is 0 Å². The molecule has 0 aliphatic rings. The molecule has 1 amide bonds. The first-order valence-electron chi connectivity index (χ1n) is 5.68. The predicted octanol–water partition coefficient (Wildman–Crippen LogP) is 3.37. The van der Waals surface area contributed by atoms with Crippen molar-refractivity contribution in [2.24, 2.45) is 0 Å². The summed E-state index contributed by atoms with van der Waals surface area (Å²) in [5.74, 6) is -0.0625. The van der Waals surface area contributed by atoms with Crippen LogP contribution < -0.4 is 5.32 Å². The van der Waals surface area contributed by atoms with Gasteiger partial charge in [-0.05, 0) is 39.5 Å². The van der Waals surface area contributed by atoms with Gasteiger partial charge < -0.3 is 5.32 Å². The topological polar surface area (TPSA) is 29.1 Å². The van der Waals surface area contributed by atoms with Crippen molar-refractivity contribution in [2.75, 3.05) is 6.54 Å². The maximum Gasteiger partial charge on any atom is 0.246 e. The SMILES string of the molecule is C=C(C)CCC(=C)CCCNC(=O)C(=C)C. The third-order valence-electron chi connectivity index (χ3n) is 2.29. The highest BCUT2D eigenvalue weighted by Crippen LogP contribution is 2.12. The fraction of sp³-hybridized carbons (Fsp3) is 0.500. The van der Waals surface area contributed by atoms with E-state index < -0.39 is 0 Å². The van der Waals surface area contributed by atoms with Crippen molar-refractivity contribution in [1.29, 1.82) is 0 Å². The zero-order valence-corrected chi connectivity index (χ0v) is 10.6. The Hall–Kier alpha value is -1.31. The van der Waals surface area contributed by atoms with E-state index in [2.05, 4.69) is 25.1 Å². The summed E-state index contributed by atoms with van der Waals surface area (Å²) in [5.41, 5.74) is 2.98. The number of carbonyl (C=O) groups is 1. The molecule has 0 aromatic heterocycles. The van der Waals surface area contributed by atoms with Crippen LogP contribution in [0.2, 0.25) is 0 Å². The number of amides is 1. The number of hydrogen-bond acceptors (Lipinski definition) is 1. The van der Waals surface area contributed by atoms with Gasteiger partial charge in [-0.15, -0.1) is 6.58 Å². The van der Waals surface area contributed by atoms with E-state index >= 15 is 0 Å². The summed E-state index contributed by atoms with van der Waals surface area (Å²) < 4.78 is 0. The third-order valence-corrected chi connectivity index (χ3v) is 2.29. The molecular formula is C14H23NO. The van der Waals surface area contributed by atoms with E-state index in [9.17, 15) is 4.79 Å². The molecule has 0 spiro atoms. The van der Waals surface area contributed by atoms with Crippen molar-refractivity contribution < 1.29 is 4.79 Å². The summed E-state index contributed by atoms with van der Waals surface area (Å²) >= 11 is 0. The van der Waals surface area contributed by atoms with Crippen molar-refractivity contribution in [3.05, 3.63) is 36.5 Å². The smallest absolute Gasteiger partial charge is 0.246 e. The van der Waals surface area contributed by atoms with E-state index in [0.717, 1.165) is 25.7 Å². The van der Waals surface area contributed by atoms with Gasteiger partial charge in [0.2, 0.25) is 5.91 Å². The molecule has 0 radical (unpaired) electrons. The lowest BCUT2D eigenvalue weighted by molar-refractivity contribution is -0.117. The van der Waals surface area contributed by atoms with Crippen LogP contribution in [0.25, 0.3) is 0 Å². The summed E-state index contributed by atoms with van der Waals surface area (Å²) in [6, 6.07) is 0. The van der Waals surface area contributed by atoms with Crippen LogP contribution >= 0.6 is 0 Å². The van der Waals surface area contributed by atoms with Crippen LogP contribution in [0, 0.1) is 0 Å². The maximum atomic E-state index is 11.2. The Kier molecular flexibility index (Phi) is 7.27. The summed E-state index contributed by atoms with van der Waals surface area (Å²) in [4.78, 5) is 11.2. The second kappa shape index (κ2) is 7.91. The van der Waals surface area contributed by atoms with Crippen molar-refractivity contribution in [3.63, 3.8) is 0 Å². The van der Waals surface area contributed by atoms with E-state index in [-0.39, 0.29) is 5.91 Å². The molecular weight excluding hydrogens is 198 g/mol. The molecule has 0 aliphatic carbocycles. The fourth-order valence-corrected chi connectivity index (χ4v) is 1.21. The molecule has 0 heterocycles. The van der Waals surface area contributed by atoms with Crippen molar-refractivity contribution in [2.45, 2.75) is 39.5 Å². The minimum Gasteiger partial charge on any atom is -0.352 e. The van der Waals surface area contributed by atoms with E-state index in [1.54, 1.807) is 6.92 Å². The van der Waals surface area contributed by atoms with Gasteiger partial charge in [0, 0.05) is 12.1 Å². The van der Waals surface area contributed by atoms with Crippen LogP contribution in [-0.2, 0) is 4.79 Å². The zero-order valence-electron chi connectivity index (χ0n) is 10.6. The van der Waals surface area contributed by atoms with Gasteiger partial charge in [-0.2, -0.15) is 0 Å². The minimum absolute atomic E-state index is 0.0625. The highest BCUT2D eigenvalue weighted by Gasteiger charge is 2.00.